The fourth-order valence-electron chi connectivity index (χ4n) is 5.40. The van der Waals surface area contributed by atoms with Crippen LogP contribution in [0.5, 0.6) is 5.75 Å². The molecule has 0 heterocycles. The average molecular weight is 459 g/mol. The molecule has 4 atom stereocenters. The highest BCUT2D eigenvalue weighted by atomic mass is 16.6. The van der Waals surface area contributed by atoms with Crippen molar-refractivity contribution in [3.63, 3.8) is 0 Å². The van der Waals surface area contributed by atoms with Crippen molar-refractivity contribution < 1.29 is 39.7 Å². The average Bonchev–Trinajstić information content (AvgIpc) is 2.70. The number of primary amides is 1. The molecule has 0 bridgehead atoms. The molecule has 1 aromatic carbocycles. The molecule has 0 radical (unpaired) electrons. The van der Waals surface area contributed by atoms with Crippen molar-refractivity contribution in [1.29, 1.82) is 0 Å². The zero-order valence-electron chi connectivity index (χ0n) is 17.6. The van der Waals surface area contributed by atoms with Gasteiger partial charge in [0.15, 0.2) is 11.4 Å². The van der Waals surface area contributed by atoms with Gasteiger partial charge in [-0.25, -0.2) is 0 Å². The van der Waals surface area contributed by atoms with E-state index in [0.29, 0.717) is 0 Å². The largest absolute Gasteiger partial charge is 0.508 e. The molecule has 6 N–H and O–H groups in total. The van der Waals surface area contributed by atoms with E-state index in [9.17, 15) is 44.9 Å². The van der Waals surface area contributed by atoms with Crippen LogP contribution in [0.2, 0.25) is 0 Å². The molecule has 0 spiro atoms. The molecule has 1 saturated carbocycles. The van der Waals surface area contributed by atoms with Gasteiger partial charge in [-0.2, -0.15) is 0 Å². The summed E-state index contributed by atoms with van der Waals surface area (Å²) in [4.78, 5) is 50.6. The Morgan fingerprint density at radius 1 is 1.24 bits per heavy atom. The molecule has 3 aliphatic rings. The molecular weight excluding hydrogens is 438 g/mol. The third-order valence-electron chi connectivity index (χ3n) is 6.78. The molecule has 1 amide bonds. The minimum Gasteiger partial charge on any atom is -0.508 e. The van der Waals surface area contributed by atoms with E-state index in [1.165, 1.54) is 19.0 Å². The van der Waals surface area contributed by atoms with E-state index in [0.717, 1.165) is 12.1 Å². The number of nitro benzene ring substituents is 1. The summed E-state index contributed by atoms with van der Waals surface area (Å²) in [6, 6.07) is 0.859. The van der Waals surface area contributed by atoms with Crippen LogP contribution in [-0.4, -0.2) is 73.5 Å². The van der Waals surface area contributed by atoms with Crippen LogP contribution in [0.15, 0.2) is 29.0 Å². The fraction of sp³-hybridized carbons (Fsp3) is 0.381. The standard InChI is InChI=1S/C21H21N3O9/c1-23(2)15-9-6-7-5-8-10(24(32)33)3-4-11(25)13(8)16(26)12(7)18(28)21(9,31)19(29)14(17(15)27)20(22)30/h3-4,7,9,15,25-26,29,31H,5-6H2,1-2H3,(H2,22,30)/t7?,9?,15-,21-/m0/s1. The van der Waals surface area contributed by atoms with Crippen molar-refractivity contribution in [3.05, 3.63) is 50.3 Å². The van der Waals surface area contributed by atoms with E-state index in [2.05, 4.69) is 0 Å². The van der Waals surface area contributed by atoms with Gasteiger partial charge in [0.1, 0.15) is 22.8 Å². The number of nitro groups is 1. The van der Waals surface area contributed by atoms with E-state index < -0.39 is 68.7 Å². The van der Waals surface area contributed by atoms with E-state index in [1.807, 2.05) is 0 Å². The Labute approximate surface area is 186 Å². The first-order valence-electron chi connectivity index (χ1n) is 9.98. The smallest absolute Gasteiger partial charge is 0.273 e. The number of amides is 1. The molecule has 12 heteroatoms. The molecule has 33 heavy (non-hydrogen) atoms. The van der Waals surface area contributed by atoms with Gasteiger partial charge in [-0.1, -0.05) is 0 Å². The highest BCUT2D eigenvalue weighted by Gasteiger charge is 2.64. The molecule has 2 unspecified atom stereocenters. The number of phenolic OH excluding ortho intramolecular Hbond substituents is 1. The summed E-state index contributed by atoms with van der Waals surface area (Å²) < 4.78 is 0. The number of rotatable bonds is 3. The van der Waals surface area contributed by atoms with Gasteiger partial charge >= 0.3 is 0 Å². The van der Waals surface area contributed by atoms with Crippen LogP contribution < -0.4 is 5.73 Å². The second-order valence-electron chi connectivity index (χ2n) is 8.68. The lowest BCUT2D eigenvalue weighted by Crippen LogP contribution is -2.65. The van der Waals surface area contributed by atoms with Crippen LogP contribution in [0, 0.1) is 22.0 Å². The lowest BCUT2D eigenvalue weighted by Gasteiger charge is -2.50. The molecule has 3 aliphatic carbocycles. The van der Waals surface area contributed by atoms with Gasteiger partial charge in [0, 0.05) is 23.1 Å². The number of carbonyl (C=O) groups is 3. The lowest BCUT2D eigenvalue weighted by atomic mass is 9.57. The lowest BCUT2D eigenvalue weighted by molar-refractivity contribution is -0.385. The summed E-state index contributed by atoms with van der Waals surface area (Å²) in [5, 5.41) is 54.8. The van der Waals surface area contributed by atoms with Crippen LogP contribution in [0.1, 0.15) is 17.5 Å². The van der Waals surface area contributed by atoms with Crippen molar-refractivity contribution in [2.75, 3.05) is 14.1 Å². The number of phenols is 1. The number of hydrogen-bond acceptors (Lipinski definition) is 10. The summed E-state index contributed by atoms with van der Waals surface area (Å²) in [5.41, 5.74) is 0.543. The van der Waals surface area contributed by atoms with Gasteiger partial charge in [-0.05, 0) is 38.9 Å². The van der Waals surface area contributed by atoms with Gasteiger partial charge in [0.25, 0.3) is 11.6 Å². The summed E-state index contributed by atoms with van der Waals surface area (Å²) in [7, 11) is 2.96. The predicted molar refractivity (Wildman–Crippen MR) is 111 cm³/mol. The Hall–Kier alpha value is -3.77. The molecule has 174 valence electrons. The Kier molecular flexibility index (Phi) is 4.84. The van der Waals surface area contributed by atoms with Gasteiger partial charge in [0.05, 0.1) is 16.5 Å². The van der Waals surface area contributed by atoms with Crippen molar-refractivity contribution in [1.82, 2.24) is 4.90 Å². The van der Waals surface area contributed by atoms with Crippen LogP contribution >= 0.6 is 0 Å². The third-order valence-corrected chi connectivity index (χ3v) is 6.78. The molecule has 1 fully saturated rings. The Morgan fingerprint density at radius 3 is 2.42 bits per heavy atom. The second kappa shape index (κ2) is 7.12. The number of likely N-dealkylation sites (N-methyl/N-ethyl adjacent to an activating group) is 1. The zero-order chi connectivity index (χ0) is 24.6. The normalized spacial score (nSPS) is 29.0. The van der Waals surface area contributed by atoms with Crippen molar-refractivity contribution >= 4 is 28.9 Å². The van der Waals surface area contributed by atoms with Crippen molar-refractivity contribution in [2.45, 2.75) is 24.5 Å². The highest BCUT2D eigenvalue weighted by molar-refractivity contribution is 6.24. The maximum Gasteiger partial charge on any atom is 0.273 e. The summed E-state index contributed by atoms with van der Waals surface area (Å²) >= 11 is 0. The number of hydrogen-bond donors (Lipinski definition) is 5. The monoisotopic (exact) mass is 459 g/mol. The molecule has 0 aliphatic heterocycles. The van der Waals surface area contributed by atoms with Crippen molar-refractivity contribution in [3.8, 4) is 5.75 Å². The Morgan fingerprint density at radius 2 is 1.88 bits per heavy atom. The number of benzene rings is 1. The number of aliphatic hydroxyl groups excluding tert-OH is 2. The van der Waals surface area contributed by atoms with Gasteiger partial charge < -0.3 is 26.2 Å². The van der Waals surface area contributed by atoms with E-state index in [-0.39, 0.29) is 35.2 Å². The van der Waals surface area contributed by atoms with Crippen LogP contribution in [0.25, 0.3) is 5.76 Å². The fourth-order valence-corrected chi connectivity index (χ4v) is 5.40. The Balaban J connectivity index is 2.00. The topological polar surface area (TPSA) is 205 Å². The minimum atomic E-state index is -2.75. The number of aliphatic hydroxyl groups is 3. The summed E-state index contributed by atoms with van der Waals surface area (Å²) in [5.74, 6) is -7.96. The maximum atomic E-state index is 13.6. The quantitative estimate of drug-likeness (QED) is 0.230. The van der Waals surface area contributed by atoms with Gasteiger partial charge in [0.2, 0.25) is 5.78 Å². The first-order valence-corrected chi connectivity index (χ1v) is 9.98. The first kappa shape index (κ1) is 22.4. The van der Waals surface area contributed by atoms with Crippen molar-refractivity contribution in [2.24, 2.45) is 17.6 Å². The molecular formula is C21H21N3O9. The number of carbonyl (C=O) groups excluding carboxylic acids is 3. The van der Waals surface area contributed by atoms with Gasteiger partial charge in [-0.15, -0.1) is 0 Å². The minimum absolute atomic E-state index is 0.00520. The second-order valence-corrected chi connectivity index (χ2v) is 8.68. The van der Waals surface area contributed by atoms with Crippen LogP contribution in [0.3, 0.4) is 0 Å². The number of fused-ring (bicyclic) bond motifs is 3. The maximum absolute atomic E-state index is 13.6. The van der Waals surface area contributed by atoms with E-state index in [1.54, 1.807) is 0 Å². The molecule has 0 aromatic heterocycles. The number of ketones is 2. The molecule has 1 aromatic rings. The number of Topliss-reactive ketones (excluding diaryl/α,β-unsaturated/α-hetero) is 2. The Bertz CT molecular complexity index is 1220. The summed E-state index contributed by atoms with van der Waals surface area (Å²) in [6.45, 7) is 0. The highest BCUT2D eigenvalue weighted by Crippen LogP contribution is 2.53. The zero-order valence-corrected chi connectivity index (χ0v) is 17.6. The number of nitrogens with zero attached hydrogens (tertiary/aromatic N) is 2. The SMILES string of the molecule is CN(C)[C@@H]1C(=O)C(C(N)=O)=C(O)[C@@]2(O)C(=O)C3=C(O)c4c(O)ccc([N+](=O)[O-])c4CC3CC12. The number of nitrogens with two attached hydrogens (primary N) is 1. The summed E-state index contributed by atoms with van der Waals surface area (Å²) in [6.07, 6.45) is -0.280. The molecule has 12 nitrogen and oxygen atoms in total. The molecule has 0 saturated heterocycles. The van der Waals surface area contributed by atoms with E-state index in [4.69, 9.17) is 5.73 Å². The molecule has 4 rings (SSSR count). The first-order chi connectivity index (χ1) is 15.3. The van der Waals surface area contributed by atoms with E-state index >= 15 is 0 Å². The number of aromatic hydroxyl groups is 1. The van der Waals surface area contributed by atoms with Crippen LogP contribution in [-0.2, 0) is 20.8 Å². The van der Waals surface area contributed by atoms with Crippen LogP contribution in [0.4, 0.5) is 5.69 Å². The van der Waals surface area contributed by atoms with Gasteiger partial charge in [-0.3, -0.25) is 29.4 Å². The predicted octanol–water partition coefficient (Wildman–Crippen LogP) is -0.128. The third kappa shape index (κ3) is 2.80.